The summed E-state index contributed by atoms with van der Waals surface area (Å²) < 4.78 is 22.9. The first-order valence-corrected chi connectivity index (χ1v) is 8.07. The number of hydrogen-bond acceptors (Lipinski definition) is 5. The van der Waals surface area contributed by atoms with E-state index < -0.39 is 9.84 Å². The first-order valence-electron chi connectivity index (χ1n) is 6.24. The van der Waals surface area contributed by atoms with E-state index in [9.17, 15) is 13.5 Å². The molecule has 0 bridgehead atoms. The highest BCUT2D eigenvalue weighted by atomic mass is 32.2. The fraction of sp³-hybridized carbons (Fsp3) is 1.00. The first kappa shape index (κ1) is 13.3. The highest BCUT2D eigenvalue weighted by Crippen LogP contribution is 2.26. The van der Waals surface area contributed by atoms with E-state index in [1.165, 1.54) is 0 Å². The number of nitrogens with one attached hydrogen (secondary N) is 1. The zero-order chi connectivity index (χ0) is 12.5. The van der Waals surface area contributed by atoms with Crippen molar-refractivity contribution in [1.29, 1.82) is 0 Å². The second kappa shape index (κ2) is 4.84. The first-order chi connectivity index (χ1) is 8.00. The molecule has 2 aliphatic heterocycles. The number of piperidine rings is 1. The molecule has 0 radical (unpaired) electrons. The molecule has 2 heterocycles. The second-order valence-corrected chi connectivity index (χ2v) is 7.51. The number of aliphatic hydroxyl groups excluding tert-OH is 1. The van der Waals surface area contributed by atoms with Gasteiger partial charge in [-0.2, -0.15) is 0 Å². The lowest BCUT2D eigenvalue weighted by molar-refractivity contribution is 0.0681. The van der Waals surface area contributed by atoms with Crippen LogP contribution in [-0.4, -0.2) is 68.3 Å². The highest BCUT2D eigenvalue weighted by molar-refractivity contribution is 7.91. The zero-order valence-corrected chi connectivity index (χ0v) is 11.2. The van der Waals surface area contributed by atoms with Crippen LogP contribution in [-0.2, 0) is 9.84 Å². The van der Waals surface area contributed by atoms with E-state index in [4.69, 9.17) is 0 Å². The Labute approximate surface area is 103 Å². The summed E-state index contributed by atoms with van der Waals surface area (Å²) in [6.45, 7) is 1.91. The van der Waals surface area contributed by atoms with E-state index in [0.29, 0.717) is 11.5 Å². The van der Waals surface area contributed by atoms with Crippen molar-refractivity contribution in [3.63, 3.8) is 0 Å². The van der Waals surface area contributed by atoms with Gasteiger partial charge in [0.05, 0.1) is 18.1 Å². The van der Waals surface area contributed by atoms with Crippen molar-refractivity contribution in [1.82, 2.24) is 10.2 Å². The fourth-order valence-corrected chi connectivity index (χ4v) is 4.63. The number of sulfone groups is 1. The van der Waals surface area contributed by atoms with Gasteiger partial charge in [-0.15, -0.1) is 0 Å². The van der Waals surface area contributed by atoms with Crippen LogP contribution in [0.5, 0.6) is 0 Å². The summed E-state index contributed by atoms with van der Waals surface area (Å²) in [6.07, 6.45) is 2.54. The van der Waals surface area contributed by atoms with Gasteiger partial charge in [0.25, 0.3) is 0 Å². The number of likely N-dealkylation sites (N-methyl/N-ethyl adjacent to an activating group) is 1. The molecule has 17 heavy (non-hydrogen) atoms. The lowest BCUT2D eigenvalue weighted by Gasteiger charge is -2.42. The van der Waals surface area contributed by atoms with Crippen molar-refractivity contribution < 1.29 is 13.5 Å². The number of rotatable bonds is 3. The third-order valence-corrected chi connectivity index (χ3v) is 6.06. The summed E-state index contributed by atoms with van der Waals surface area (Å²) in [5.41, 5.74) is -0.159. The van der Waals surface area contributed by atoms with Crippen molar-refractivity contribution in [3.05, 3.63) is 0 Å². The predicted octanol–water partition coefficient (Wildman–Crippen LogP) is -0.780. The van der Waals surface area contributed by atoms with Crippen LogP contribution in [0.15, 0.2) is 0 Å². The molecule has 100 valence electrons. The van der Waals surface area contributed by atoms with Gasteiger partial charge < -0.3 is 10.4 Å². The summed E-state index contributed by atoms with van der Waals surface area (Å²) in [7, 11) is -0.910. The normalized spacial score (nSPS) is 32.7. The number of nitrogens with zero attached hydrogens (tertiary/aromatic N) is 1. The van der Waals surface area contributed by atoms with Gasteiger partial charge in [-0.05, 0) is 26.3 Å². The van der Waals surface area contributed by atoms with Crippen LogP contribution in [0.1, 0.15) is 19.3 Å². The molecule has 0 aromatic carbocycles. The van der Waals surface area contributed by atoms with Crippen LogP contribution < -0.4 is 5.32 Å². The van der Waals surface area contributed by atoms with Crippen LogP contribution in [0.2, 0.25) is 0 Å². The maximum absolute atomic E-state index is 11.4. The summed E-state index contributed by atoms with van der Waals surface area (Å²) in [5.74, 6) is 0.657. The Morgan fingerprint density at radius 3 is 2.47 bits per heavy atom. The largest absolute Gasteiger partial charge is 0.394 e. The third kappa shape index (κ3) is 2.81. The smallest absolute Gasteiger partial charge is 0.151 e. The van der Waals surface area contributed by atoms with Crippen LogP contribution in [0.3, 0.4) is 0 Å². The van der Waals surface area contributed by atoms with E-state index in [1.807, 2.05) is 7.05 Å². The summed E-state index contributed by atoms with van der Waals surface area (Å²) >= 11 is 0. The van der Waals surface area contributed by atoms with Crippen molar-refractivity contribution in [2.45, 2.75) is 30.8 Å². The molecule has 2 rings (SSSR count). The quantitative estimate of drug-likeness (QED) is 0.698. The van der Waals surface area contributed by atoms with Gasteiger partial charge >= 0.3 is 0 Å². The Morgan fingerprint density at radius 1 is 1.41 bits per heavy atom. The SMILES string of the molecule is CNC1(CO)CCN(C2CCS(=O)(=O)C2)CC1. The Balaban J connectivity index is 1.92. The summed E-state index contributed by atoms with van der Waals surface area (Å²) in [4.78, 5) is 2.27. The maximum atomic E-state index is 11.4. The Hall–Kier alpha value is -0.170. The molecule has 0 saturated carbocycles. The average Bonchev–Trinajstić information content (AvgIpc) is 2.70. The lowest BCUT2D eigenvalue weighted by Crippen LogP contribution is -2.56. The summed E-state index contributed by atoms with van der Waals surface area (Å²) in [6, 6.07) is 0.202. The van der Waals surface area contributed by atoms with E-state index in [0.717, 1.165) is 32.4 Å². The molecule has 2 fully saturated rings. The van der Waals surface area contributed by atoms with Gasteiger partial charge in [0.15, 0.2) is 9.84 Å². The molecule has 0 aromatic heterocycles. The topological polar surface area (TPSA) is 69.6 Å². The number of hydrogen-bond donors (Lipinski definition) is 2. The minimum atomic E-state index is -2.79. The van der Waals surface area contributed by atoms with Crippen LogP contribution in [0, 0.1) is 0 Å². The van der Waals surface area contributed by atoms with E-state index >= 15 is 0 Å². The van der Waals surface area contributed by atoms with Gasteiger partial charge in [0.2, 0.25) is 0 Å². The van der Waals surface area contributed by atoms with Crippen molar-refractivity contribution in [3.8, 4) is 0 Å². The molecule has 0 amide bonds. The molecular weight excluding hydrogens is 240 g/mol. The number of likely N-dealkylation sites (tertiary alicyclic amines) is 1. The van der Waals surface area contributed by atoms with Gasteiger partial charge in [0, 0.05) is 24.7 Å². The summed E-state index contributed by atoms with van der Waals surface area (Å²) in [5, 5.41) is 12.6. The Bertz CT molecular complexity index is 355. The van der Waals surface area contributed by atoms with E-state index in [-0.39, 0.29) is 18.2 Å². The third-order valence-electron chi connectivity index (χ3n) is 4.31. The highest BCUT2D eigenvalue weighted by Gasteiger charge is 2.38. The van der Waals surface area contributed by atoms with Gasteiger partial charge in [-0.1, -0.05) is 0 Å². The van der Waals surface area contributed by atoms with Crippen LogP contribution in [0.4, 0.5) is 0 Å². The molecule has 2 saturated heterocycles. The Kier molecular flexibility index (Phi) is 3.77. The average molecular weight is 262 g/mol. The molecule has 1 unspecified atom stereocenters. The van der Waals surface area contributed by atoms with Crippen LogP contribution >= 0.6 is 0 Å². The van der Waals surface area contributed by atoms with Crippen molar-refractivity contribution >= 4 is 9.84 Å². The molecule has 0 aliphatic carbocycles. The molecule has 0 spiro atoms. The van der Waals surface area contributed by atoms with E-state index in [1.54, 1.807) is 0 Å². The minimum absolute atomic E-state index is 0.153. The van der Waals surface area contributed by atoms with Crippen molar-refractivity contribution in [2.24, 2.45) is 0 Å². The molecule has 0 aromatic rings. The predicted molar refractivity (Wildman–Crippen MR) is 66.7 cm³/mol. The van der Waals surface area contributed by atoms with Crippen LogP contribution in [0.25, 0.3) is 0 Å². The molecule has 5 nitrogen and oxygen atoms in total. The fourth-order valence-electron chi connectivity index (χ4n) is 2.87. The van der Waals surface area contributed by atoms with Gasteiger partial charge in [-0.3, -0.25) is 4.90 Å². The zero-order valence-electron chi connectivity index (χ0n) is 10.4. The molecule has 6 heteroatoms. The van der Waals surface area contributed by atoms with Gasteiger partial charge in [0.1, 0.15) is 0 Å². The van der Waals surface area contributed by atoms with E-state index in [2.05, 4.69) is 10.2 Å². The number of aliphatic hydroxyl groups is 1. The monoisotopic (exact) mass is 262 g/mol. The standard InChI is InChI=1S/C11H22N2O3S/c1-12-11(9-14)3-5-13(6-4-11)10-2-7-17(15,16)8-10/h10,12,14H,2-9H2,1H3. The second-order valence-electron chi connectivity index (χ2n) is 5.28. The molecular formula is C11H22N2O3S. The molecule has 2 aliphatic rings. The van der Waals surface area contributed by atoms with Gasteiger partial charge in [-0.25, -0.2) is 8.42 Å². The molecule has 1 atom stereocenters. The maximum Gasteiger partial charge on any atom is 0.151 e. The minimum Gasteiger partial charge on any atom is -0.394 e. The lowest BCUT2D eigenvalue weighted by atomic mass is 9.88. The Morgan fingerprint density at radius 2 is 2.06 bits per heavy atom. The molecule has 2 N–H and O–H groups in total. The van der Waals surface area contributed by atoms with Crippen molar-refractivity contribution in [2.75, 3.05) is 38.2 Å².